The molecule has 2 aliphatic heterocycles. The van der Waals surface area contributed by atoms with Gasteiger partial charge >= 0.3 is 0 Å². The molecule has 0 saturated carbocycles. The van der Waals surface area contributed by atoms with Crippen molar-refractivity contribution in [3.05, 3.63) is 83.6 Å². The van der Waals surface area contributed by atoms with Crippen LogP contribution in [0.3, 0.4) is 0 Å². The third-order valence-corrected chi connectivity index (χ3v) is 7.80. The predicted molar refractivity (Wildman–Crippen MR) is 138 cm³/mol. The summed E-state index contributed by atoms with van der Waals surface area (Å²) in [5.41, 5.74) is 3.66. The minimum absolute atomic E-state index is 0.00529. The van der Waals surface area contributed by atoms with E-state index in [9.17, 15) is 14.3 Å². The summed E-state index contributed by atoms with van der Waals surface area (Å²) in [6, 6.07) is 16.3. The number of para-hydroxylation sites is 1. The molecule has 1 N–H and O–H groups in total. The molecular formula is C29H31FN4O3. The summed E-state index contributed by atoms with van der Waals surface area (Å²) in [4.78, 5) is 17.7. The zero-order chi connectivity index (χ0) is 25.4. The highest BCUT2D eigenvalue weighted by molar-refractivity contribution is 5.96. The van der Waals surface area contributed by atoms with Crippen LogP contribution in [-0.2, 0) is 0 Å². The van der Waals surface area contributed by atoms with Crippen molar-refractivity contribution in [1.29, 1.82) is 0 Å². The topological polar surface area (TPSA) is 74.7 Å². The van der Waals surface area contributed by atoms with Crippen LogP contribution in [0.25, 0.3) is 16.7 Å². The Hall–Kier alpha value is -3.49. The predicted octanol–water partition coefficient (Wildman–Crippen LogP) is 4.91. The van der Waals surface area contributed by atoms with Crippen LogP contribution in [0.4, 0.5) is 4.39 Å². The van der Waals surface area contributed by atoms with Gasteiger partial charge in [-0.1, -0.05) is 23.4 Å². The lowest BCUT2D eigenvalue weighted by Gasteiger charge is -2.31. The number of amides is 1. The third kappa shape index (κ3) is 4.67. The first-order valence-electron chi connectivity index (χ1n) is 13.1. The summed E-state index contributed by atoms with van der Waals surface area (Å²) in [5, 5.41) is 16.0. The molecule has 37 heavy (non-hydrogen) atoms. The van der Waals surface area contributed by atoms with Crippen molar-refractivity contribution in [2.45, 2.75) is 37.7 Å². The molecule has 1 fully saturated rings. The first-order chi connectivity index (χ1) is 18.1. The number of fused-ring (bicyclic) bond motifs is 2. The van der Waals surface area contributed by atoms with Crippen LogP contribution in [0.5, 0.6) is 0 Å². The maximum atomic E-state index is 13.5. The van der Waals surface area contributed by atoms with E-state index in [4.69, 9.17) is 4.52 Å². The van der Waals surface area contributed by atoms with E-state index in [-0.39, 0.29) is 11.7 Å². The van der Waals surface area contributed by atoms with Crippen LogP contribution >= 0.6 is 0 Å². The molecule has 0 aliphatic carbocycles. The SMILES string of the molecule is O=C1c2ccn(-c3ccccc3)c2C(O)CCN1CCCN1CCC(c2noc3cc(F)ccc23)CC1. The number of aliphatic hydroxyl groups is 1. The quantitative estimate of drug-likeness (QED) is 0.406. The highest BCUT2D eigenvalue weighted by Gasteiger charge is 2.30. The number of rotatable bonds is 6. The molecule has 0 bridgehead atoms. The zero-order valence-corrected chi connectivity index (χ0v) is 20.7. The van der Waals surface area contributed by atoms with E-state index < -0.39 is 6.10 Å². The number of carbonyl (C=O) groups is 1. The number of aromatic nitrogens is 2. The van der Waals surface area contributed by atoms with Crippen LogP contribution < -0.4 is 0 Å². The highest BCUT2D eigenvalue weighted by Crippen LogP contribution is 2.33. The minimum atomic E-state index is -0.678. The lowest BCUT2D eigenvalue weighted by molar-refractivity contribution is 0.0736. The van der Waals surface area contributed by atoms with Gasteiger partial charge in [-0.15, -0.1) is 0 Å². The van der Waals surface area contributed by atoms with Crippen molar-refractivity contribution in [2.75, 3.05) is 32.7 Å². The van der Waals surface area contributed by atoms with Gasteiger partial charge in [0.2, 0.25) is 0 Å². The minimum Gasteiger partial charge on any atom is -0.387 e. The lowest BCUT2D eigenvalue weighted by atomic mass is 9.91. The second kappa shape index (κ2) is 10.1. The average molecular weight is 503 g/mol. The molecular weight excluding hydrogens is 471 g/mol. The first-order valence-corrected chi connectivity index (χ1v) is 13.1. The lowest BCUT2D eigenvalue weighted by Crippen LogP contribution is -2.37. The first kappa shape index (κ1) is 23.9. The molecule has 2 aromatic heterocycles. The number of likely N-dealkylation sites (tertiary alicyclic amines) is 1. The van der Waals surface area contributed by atoms with Crippen LogP contribution in [0.15, 0.2) is 65.3 Å². The molecule has 0 spiro atoms. The number of hydrogen-bond donors (Lipinski definition) is 1. The van der Waals surface area contributed by atoms with E-state index in [0.717, 1.165) is 55.7 Å². The summed E-state index contributed by atoms with van der Waals surface area (Å²) in [6.07, 6.45) is 4.56. The van der Waals surface area contributed by atoms with Crippen molar-refractivity contribution in [1.82, 2.24) is 19.5 Å². The zero-order valence-electron chi connectivity index (χ0n) is 20.7. The highest BCUT2D eigenvalue weighted by atomic mass is 19.1. The Balaban J connectivity index is 1.05. The fraction of sp³-hybridized carbons (Fsp3) is 0.379. The van der Waals surface area contributed by atoms with Gasteiger partial charge in [0.15, 0.2) is 5.58 Å². The number of hydrogen-bond acceptors (Lipinski definition) is 5. The molecule has 8 heteroatoms. The van der Waals surface area contributed by atoms with Gasteiger partial charge in [0, 0.05) is 42.3 Å². The van der Waals surface area contributed by atoms with Crippen molar-refractivity contribution in [3.63, 3.8) is 0 Å². The van der Waals surface area contributed by atoms with Crippen molar-refractivity contribution in [3.8, 4) is 5.69 Å². The molecule has 0 radical (unpaired) electrons. The van der Waals surface area contributed by atoms with Crippen LogP contribution in [0.1, 0.15) is 59.5 Å². The summed E-state index contributed by atoms with van der Waals surface area (Å²) < 4.78 is 20.8. The van der Waals surface area contributed by atoms with Gasteiger partial charge in [0.05, 0.1) is 23.1 Å². The van der Waals surface area contributed by atoms with Gasteiger partial charge in [-0.2, -0.15) is 0 Å². The average Bonchev–Trinajstić information content (AvgIpc) is 3.53. The number of piperidine rings is 1. The maximum Gasteiger partial charge on any atom is 0.255 e. The summed E-state index contributed by atoms with van der Waals surface area (Å²) in [6.45, 7) is 4.04. The number of benzene rings is 2. The monoisotopic (exact) mass is 502 g/mol. The Kier molecular flexibility index (Phi) is 6.52. The second-order valence-corrected chi connectivity index (χ2v) is 10.1. The Labute approximate surface area is 215 Å². The molecule has 192 valence electrons. The van der Waals surface area contributed by atoms with Gasteiger partial charge in [-0.3, -0.25) is 4.79 Å². The summed E-state index contributed by atoms with van der Waals surface area (Å²) in [7, 11) is 0. The van der Waals surface area contributed by atoms with Crippen molar-refractivity contribution < 1.29 is 18.8 Å². The molecule has 1 unspecified atom stereocenters. The van der Waals surface area contributed by atoms with Gasteiger partial charge in [0.25, 0.3) is 5.91 Å². The van der Waals surface area contributed by atoms with E-state index in [1.165, 1.54) is 12.1 Å². The van der Waals surface area contributed by atoms with Crippen LogP contribution in [0, 0.1) is 5.82 Å². The normalized spacial score (nSPS) is 19.4. The molecule has 1 atom stereocenters. The summed E-state index contributed by atoms with van der Waals surface area (Å²) >= 11 is 0. The van der Waals surface area contributed by atoms with Gasteiger partial charge < -0.3 is 24.0 Å². The smallest absolute Gasteiger partial charge is 0.255 e. The number of nitrogens with zero attached hydrogens (tertiary/aromatic N) is 4. The number of aliphatic hydroxyl groups excluding tert-OH is 1. The fourth-order valence-corrected chi connectivity index (χ4v) is 5.82. The summed E-state index contributed by atoms with van der Waals surface area (Å²) in [5.74, 6) is -0.00889. The Morgan fingerprint density at radius 3 is 2.62 bits per heavy atom. The van der Waals surface area contributed by atoms with Crippen LogP contribution in [-0.4, -0.2) is 63.3 Å². The van der Waals surface area contributed by atoms with E-state index in [1.54, 1.807) is 6.07 Å². The number of halogens is 1. The Morgan fingerprint density at radius 1 is 1.00 bits per heavy atom. The molecule has 1 saturated heterocycles. The maximum absolute atomic E-state index is 13.5. The van der Waals surface area contributed by atoms with E-state index in [2.05, 4.69) is 10.1 Å². The molecule has 4 heterocycles. The second-order valence-electron chi connectivity index (χ2n) is 10.1. The van der Waals surface area contributed by atoms with E-state index >= 15 is 0 Å². The third-order valence-electron chi connectivity index (χ3n) is 7.80. The van der Waals surface area contributed by atoms with Crippen LogP contribution in [0.2, 0.25) is 0 Å². The Morgan fingerprint density at radius 2 is 1.81 bits per heavy atom. The van der Waals surface area contributed by atoms with Gasteiger partial charge in [-0.25, -0.2) is 4.39 Å². The molecule has 6 rings (SSSR count). The van der Waals surface area contributed by atoms with E-state index in [1.807, 2.05) is 52.1 Å². The molecule has 7 nitrogen and oxygen atoms in total. The van der Waals surface area contributed by atoms with Crippen molar-refractivity contribution >= 4 is 16.9 Å². The Bertz CT molecular complexity index is 1390. The molecule has 1 amide bonds. The van der Waals surface area contributed by atoms with E-state index in [0.29, 0.717) is 42.3 Å². The molecule has 2 aromatic carbocycles. The van der Waals surface area contributed by atoms with Crippen molar-refractivity contribution in [2.24, 2.45) is 0 Å². The van der Waals surface area contributed by atoms with Gasteiger partial charge in [-0.05, 0) is 75.6 Å². The standard InChI is InChI=1S/C29H31FN4O3/c30-21-7-8-23-26(19-21)37-31-27(23)20-9-15-32(16-10-20)13-4-14-33-17-12-25(35)28-24(29(33)36)11-18-34(28)22-5-2-1-3-6-22/h1-3,5-8,11,18-20,25,35H,4,9-10,12-17H2. The number of carbonyl (C=O) groups excluding carboxylic acids is 1. The van der Waals surface area contributed by atoms with Gasteiger partial charge in [0.1, 0.15) is 5.82 Å². The fourth-order valence-electron chi connectivity index (χ4n) is 5.82. The molecule has 4 aromatic rings. The largest absolute Gasteiger partial charge is 0.387 e. The molecule has 2 aliphatic rings.